The van der Waals surface area contributed by atoms with Crippen LogP contribution in [0, 0.1) is 0 Å². The molecule has 0 saturated heterocycles. The zero-order chi connectivity index (χ0) is 12.3. The van der Waals surface area contributed by atoms with E-state index in [1.165, 1.54) is 29.7 Å². The summed E-state index contributed by atoms with van der Waals surface area (Å²) in [4.78, 5) is 2.54. The first-order valence-corrected chi connectivity index (χ1v) is 6.84. The Hall–Kier alpha value is -1.02. The van der Waals surface area contributed by atoms with Crippen molar-refractivity contribution in [2.75, 3.05) is 18.4 Å². The van der Waals surface area contributed by atoms with Crippen LogP contribution >= 0.6 is 0 Å². The van der Waals surface area contributed by atoms with Crippen LogP contribution in [0.25, 0.3) is 0 Å². The summed E-state index contributed by atoms with van der Waals surface area (Å²) in [6.07, 6.45) is 2.40. The summed E-state index contributed by atoms with van der Waals surface area (Å²) in [5, 5.41) is 3.46. The number of nitrogens with one attached hydrogen (secondary N) is 1. The molecule has 0 saturated carbocycles. The monoisotopic (exact) mass is 232 g/mol. The number of rotatable bonds is 5. The fourth-order valence-corrected chi connectivity index (χ4v) is 2.51. The summed E-state index contributed by atoms with van der Waals surface area (Å²) in [6.45, 7) is 10.1. The van der Waals surface area contributed by atoms with Gasteiger partial charge in [0.1, 0.15) is 0 Å². The molecule has 0 amide bonds. The maximum absolute atomic E-state index is 3.46. The van der Waals surface area contributed by atoms with Gasteiger partial charge in [0.2, 0.25) is 0 Å². The lowest BCUT2D eigenvalue weighted by atomic mass is 10.1. The van der Waals surface area contributed by atoms with Gasteiger partial charge in [0.25, 0.3) is 0 Å². The van der Waals surface area contributed by atoms with Crippen molar-refractivity contribution in [3.05, 3.63) is 29.3 Å². The Morgan fingerprint density at radius 3 is 2.88 bits per heavy atom. The molecule has 1 aromatic rings. The van der Waals surface area contributed by atoms with Gasteiger partial charge in [-0.1, -0.05) is 26.0 Å². The molecule has 1 aliphatic heterocycles. The Bertz CT molecular complexity index is 373. The van der Waals surface area contributed by atoms with Crippen LogP contribution in [-0.2, 0) is 13.0 Å². The molecule has 1 aliphatic rings. The Balaban J connectivity index is 2.07. The summed E-state index contributed by atoms with van der Waals surface area (Å²) in [5.41, 5.74) is 4.25. The summed E-state index contributed by atoms with van der Waals surface area (Å²) >= 11 is 0. The molecular formula is C15H24N2. The van der Waals surface area contributed by atoms with Crippen molar-refractivity contribution in [1.29, 1.82) is 0 Å². The van der Waals surface area contributed by atoms with E-state index in [4.69, 9.17) is 0 Å². The predicted molar refractivity (Wildman–Crippen MR) is 74.5 cm³/mol. The van der Waals surface area contributed by atoms with Gasteiger partial charge in [0.15, 0.2) is 0 Å². The zero-order valence-corrected chi connectivity index (χ0v) is 11.3. The average molecular weight is 232 g/mol. The van der Waals surface area contributed by atoms with Crippen LogP contribution in [0.15, 0.2) is 18.2 Å². The molecule has 0 aromatic heterocycles. The second-order valence-electron chi connectivity index (χ2n) is 4.99. The predicted octanol–water partition coefficient (Wildman–Crippen LogP) is 3.28. The van der Waals surface area contributed by atoms with Gasteiger partial charge in [-0.3, -0.25) is 4.90 Å². The molecule has 0 aliphatic carbocycles. The van der Waals surface area contributed by atoms with Crippen molar-refractivity contribution in [3.63, 3.8) is 0 Å². The third-order valence-electron chi connectivity index (χ3n) is 3.89. The van der Waals surface area contributed by atoms with E-state index in [1.807, 2.05) is 0 Å². The largest absolute Gasteiger partial charge is 0.384 e. The van der Waals surface area contributed by atoms with Gasteiger partial charge in [0.05, 0.1) is 0 Å². The second-order valence-corrected chi connectivity index (χ2v) is 4.99. The van der Waals surface area contributed by atoms with Crippen molar-refractivity contribution in [1.82, 2.24) is 4.90 Å². The van der Waals surface area contributed by atoms with Crippen LogP contribution in [0.4, 0.5) is 5.69 Å². The Kier molecular flexibility index (Phi) is 4.06. The summed E-state index contributed by atoms with van der Waals surface area (Å²) in [5.74, 6) is 0. The van der Waals surface area contributed by atoms with Gasteiger partial charge in [-0.25, -0.2) is 0 Å². The zero-order valence-electron chi connectivity index (χ0n) is 11.3. The maximum atomic E-state index is 3.46. The molecule has 2 nitrogen and oxygen atoms in total. The quantitative estimate of drug-likeness (QED) is 0.838. The van der Waals surface area contributed by atoms with E-state index in [-0.39, 0.29) is 0 Å². The molecule has 17 heavy (non-hydrogen) atoms. The van der Waals surface area contributed by atoms with Gasteiger partial charge in [-0.15, -0.1) is 0 Å². The van der Waals surface area contributed by atoms with E-state index in [0.29, 0.717) is 6.04 Å². The molecule has 2 rings (SSSR count). The van der Waals surface area contributed by atoms with Gasteiger partial charge in [0, 0.05) is 24.8 Å². The van der Waals surface area contributed by atoms with Crippen molar-refractivity contribution in [3.8, 4) is 0 Å². The lowest BCUT2D eigenvalue weighted by Gasteiger charge is -2.27. The van der Waals surface area contributed by atoms with E-state index in [0.717, 1.165) is 19.6 Å². The van der Waals surface area contributed by atoms with Gasteiger partial charge in [-0.05, 0) is 43.5 Å². The lowest BCUT2D eigenvalue weighted by Crippen LogP contribution is -2.31. The standard InChI is InChI=1S/C15H24N2/c1-4-12(3)17(5-2)11-13-6-7-14-8-9-16-15(14)10-13/h6-7,10,12,16H,4-5,8-9,11H2,1-3H3. The van der Waals surface area contributed by atoms with Crippen molar-refractivity contribution < 1.29 is 0 Å². The molecule has 0 spiro atoms. The molecule has 1 unspecified atom stereocenters. The van der Waals surface area contributed by atoms with Crippen LogP contribution < -0.4 is 5.32 Å². The molecule has 0 bridgehead atoms. The van der Waals surface area contributed by atoms with Crippen LogP contribution in [0.3, 0.4) is 0 Å². The first-order valence-electron chi connectivity index (χ1n) is 6.84. The molecule has 1 N–H and O–H groups in total. The smallest absolute Gasteiger partial charge is 0.0376 e. The minimum absolute atomic E-state index is 0.668. The maximum Gasteiger partial charge on any atom is 0.0376 e. The highest BCUT2D eigenvalue weighted by Crippen LogP contribution is 2.24. The molecule has 1 atom stereocenters. The van der Waals surface area contributed by atoms with Crippen LogP contribution in [0.5, 0.6) is 0 Å². The second kappa shape index (κ2) is 5.54. The highest BCUT2D eigenvalue weighted by Gasteiger charge is 2.13. The average Bonchev–Trinajstić information content (AvgIpc) is 2.82. The van der Waals surface area contributed by atoms with Gasteiger partial charge in [-0.2, -0.15) is 0 Å². The number of hydrogen-bond donors (Lipinski definition) is 1. The Labute approximate surface area is 105 Å². The number of fused-ring (bicyclic) bond motifs is 1. The van der Waals surface area contributed by atoms with Crippen LogP contribution in [0.2, 0.25) is 0 Å². The van der Waals surface area contributed by atoms with E-state index in [9.17, 15) is 0 Å². The summed E-state index contributed by atoms with van der Waals surface area (Å²) in [6, 6.07) is 7.57. The minimum Gasteiger partial charge on any atom is -0.384 e. The van der Waals surface area contributed by atoms with Crippen molar-refractivity contribution in [2.24, 2.45) is 0 Å². The van der Waals surface area contributed by atoms with Crippen LogP contribution in [-0.4, -0.2) is 24.0 Å². The number of anilines is 1. The van der Waals surface area contributed by atoms with E-state index < -0.39 is 0 Å². The number of hydrogen-bond acceptors (Lipinski definition) is 2. The molecule has 0 radical (unpaired) electrons. The fourth-order valence-electron chi connectivity index (χ4n) is 2.51. The Morgan fingerprint density at radius 1 is 1.35 bits per heavy atom. The molecule has 2 heteroatoms. The SMILES string of the molecule is CCC(C)N(CC)Cc1ccc2c(c1)NCC2. The summed E-state index contributed by atoms with van der Waals surface area (Å²) < 4.78 is 0. The highest BCUT2D eigenvalue weighted by molar-refractivity contribution is 5.57. The van der Waals surface area contributed by atoms with Gasteiger partial charge < -0.3 is 5.32 Å². The molecule has 94 valence electrons. The molecule has 0 fully saturated rings. The Morgan fingerprint density at radius 2 is 2.18 bits per heavy atom. The third kappa shape index (κ3) is 2.81. The third-order valence-corrected chi connectivity index (χ3v) is 3.89. The molecule has 1 aromatic carbocycles. The minimum atomic E-state index is 0.668. The fraction of sp³-hybridized carbons (Fsp3) is 0.600. The topological polar surface area (TPSA) is 15.3 Å². The van der Waals surface area contributed by atoms with E-state index in [1.54, 1.807) is 0 Å². The van der Waals surface area contributed by atoms with Crippen LogP contribution in [0.1, 0.15) is 38.3 Å². The van der Waals surface area contributed by atoms with E-state index >= 15 is 0 Å². The van der Waals surface area contributed by atoms with Crippen molar-refractivity contribution in [2.45, 2.75) is 46.2 Å². The first-order chi connectivity index (χ1) is 8.24. The molecule has 1 heterocycles. The van der Waals surface area contributed by atoms with E-state index in [2.05, 4.69) is 49.2 Å². The van der Waals surface area contributed by atoms with Gasteiger partial charge >= 0.3 is 0 Å². The van der Waals surface area contributed by atoms with Crippen molar-refractivity contribution >= 4 is 5.69 Å². The first kappa shape index (κ1) is 12.4. The number of nitrogens with zero attached hydrogens (tertiary/aromatic N) is 1. The normalized spacial score (nSPS) is 15.8. The highest BCUT2D eigenvalue weighted by atomic mass is 15.1. The summed E-state index contributed by atoms with van der Waals surface area (Å²) in [7, 11) is 0. The lowest BCUT2D eigenvalue weighted by molar-refractivity contribution is 0.206. The number of benzene rings is 1. The molecular weight excluding hydrogens is 208 g/mol.